The maximum absolute atomic E-state index is 14.6. The van der Waals surface area contributed by atoms with E-state index < -0.39 is 23.4 Å². The molecule has 2 amide bonds. The lowest BCUT2D eigenvalue weighted by molar-refractivity contribution is -0.122. The molecule has 3 aliphatic heterocycles. The van der Waals surface area contributed by atoms with E-state index in [1.54, 1.807) is 36.4 Å². The van der Waals surface area contributed by atoms with E-state index in [-0.39, 0.29) is 17.6 Å². The number of Topliss-reactive ketones (excluding diaryl/α,β-unsaturated/α-hetero) is 1. The molecule has 1 fully saturated rings. The van der Waals surface area contributed by atoms with E-state index in [0.29, 0.717) is 27.5 Å². The lowest BCUT2D eigenvalue weighted by Gasteiger charge is -2.37. The van der Waals surface area contributed by atoms with Crippen molar-refractivity contribution in [1.29, 1.82) is 0 Å². The number of carbonyl (C=O) groups excluding carboxylic acids is 3. The second-order valence-corrected chi connectivity index (χ2v) is 10.7. The van der Waals surface area contributed by atoms with Crippen LogP contribution in [0.15, 0.2) is 109 Å². The minimum Gasteiger partial charge on any atom is -0.350 e. The van der Waals surface area contributed by atoms with E-state index in [1.165, 1.54) is 0 Å². The molecule has 0 aliphatic carbocycles. The fraction of sp³-hybridized carbons (Fsp3) is 0.121. The number of para-hydroxylation sites is 3. The number of nitrogens with zero attached hydrogens (tertiary/aromatic N) is 1. The molecule has 0 unspecified atom stereocenters. The van der Waals surface area contributed by atoms with Crippen molar-refractivity contribution in [3.05, 3.63) is 131 Å². The van der Waals surface area contributed by atoms with Crippen molar-refractivity contribution in [2.24, 2.45) is 5.92 Å². The van der Waals surface area contributed by atoms with Crippen molar-refractivity contribution in [1.82, 2.24) is 0 Å². The summed E-state index contributed by atoms with van der Waals surface area (Å²) in [7, 11) is 0. The number of carbonyl (C=O) groups is 3. The van der Waals surface area contributed by atoms with Crippen molar-refractivity contribution in [3.63, 3.8) is 0 Å². The van der Waals surface area contributed by atoms with Crippen LogP contribution in [-0.4, -0.2) is 29.7 Å². The summed E-state index contributed by atoms with van der Waals surface area (Å²) < 4.78 is 0. The Balaban J connectivity index is 1.49. The standard InChI is InChI=1S/C33H24ClN3O3/c34-22-17-14-21(15-18-22)30(38)28-29(31(39)35-23-9-2-1-3-10-23)37-26-13-7-4-8-20(26)16-19-27(37)33(28)24-11-5-6-12-25(24)36-32(33)40/h1-19,27-29H,(H,35,39)(H,36,40)/t27-,28+,29-,33-/m1/s1. The van der Waals surface area contributed by atoms with Gasteiger partial charge in [0, 0.05) is 27.6 Å². The molecular formula is C33H24ClN3O3. The fourth-order valence-electron chi connectivity index (χ4n) is 6.65. The second-order valence-electron chi connectivity index (χ2n) is 10.3. The highest BCUT2D eigenvalue weighted by atomic mass is 35.5. The highest BCUT2D eigenvalue weighted by Gasteiger charge is 2.70. The SMILES string of the molecule is O=C(c1ccc(Cl)cc1)[C@@H]1[C@H](C(=O)Nc2ccccc2)N2c3ccccc3C=C[C@@H]2[C@@]12C(=O)Nc1ccccc12. The third-order valence-electron chi connectivity index (χ3n) is 8.26. The van der Waals surface area contributed by atoms with Crippen LogP contribution in [0.2, 0.25) is 5.02 Å². The summed E-state index contributed by atoms with van der Waals surface area (Å²) in [6.45, 7) is 0. The summed E-state index contributed by atoms with van der Waals surface area (Å²) in [5.74, 6) is -1.99. The Morgan fingerprint density at radius 1 is 0.850 bits per heavy atom. The van der Waals surface area contributed by atoms with Crippen LogP contribution in [0, 0.1) is 5.92 Å². The predicted molar refractivity (Wildman–Crippen MR) is 157 cm³/mol. The second kappa shape index (κ2) is 9.21. The number of benzene rings is 4. The lowest BCUT2D eigenvalue weighted by Crippen LogP contribution is -2.51. The Bertz CT molecular complexity index is 1700. The average molecular weight is 546 g/mol. The summed E-state index contributed by atoms with van der Waals surface area (Å²) in [6.07, 6.45) is 3.94. The number of hydrogen-bond donors (Lipinski definition) is 2. The van der Waals surface area contributed by atoms with E-state index in [4.69, 9.17) is 11.6 Å². The quantitative estimate of drug-likeness (QED) is 0.311. The maximum Gasteiger partial charge on any atom is 0.247 e. The van der Waals surface area contributed by atoms with Gasteiger partial charge in [0.05, 0.1) is 12.0 Å². The molecule has 4 aromatic rings. The molecule has 4 aromatic carbocycles. The molecule has 3 heterocycles. The van der Waals surface area contributed by atoms with E-state index in [1.807, 2.05) is 83.8 Å². The Kier molecular flexibility index (Phi) is 5.61. The van der Waals surface area contributed by atoms with Gasteiger partial charge in [0.2, 0.25) is 11.8 Å². The molecule has 0 bridgehead atoms. The summed E-state index contributed by atoms with van der Waals surface area (Å²) in [5.41, 5.74) is 2.72. The summed E-state index contributed by atoms with van der Waals surface area (Å²) in [6, 6.07) is 29.4. The van der Waals surface area contributed by atoms with Crippen molar-refractivity contribution in [3.8, 4) is 0 Å². The molecule has 196 valence electrons. The minimum absolute atomic E-state index is 0.294. The van der Waals surface area contributed by atoms with E-state index in [9.17, 15) is 14.4 Å². The number of nitrogens with one attached hydrogen (secondary N) is 2. The van der Waals surface area contributed by atoms with Gasteiger partial charge in [-0.2, -0.15) is 0 Å². The number of anilines is 3. The van der Waals surface area contributed by atoms with Crippen LogP contribution in [0.1, 0.15) is 21.5 Å². The normalized spacial score (nSPS) is 23.8. The van der Waals surface area contributed by atoms with Crippen LogP contribution < -0.4 is 15.5 Å². The van der Waals surface area contributed by atoms with Crippen molar-refractivity contribution in [2.45, 2.75) is 17.5 Å². The molecule has 1 spiro atoms. The van der Waals surface area contributed by atoms with Crippen LogP contribution in [0.5, 0.6) is 0 Å². The Morgan fingerprint density at radius 3 is 2.35 bits per heavy atom. The zero-order valence-electron chi connectivity index (χ0n) is 21.3. The first-order valence-corrected chi connectivity index (χ1v) is 13.5. The van der Waals surface area contributed by atoms with E-state index >= 15 is 0 Å². The van der Waals surface area contributed by atoms with Gasteiger partial charge < -0.3 is 15.5 Å². The van der Waals surface area contributed by atoms with Crippen molar-refractivity contribution >= 4 is 52.3 Å². The fourth-order valence-corrected chi connectivity index (χ4v) is 6.78. The number of rotatable bonds is 4. The number of halogens is 1. The van der Waals surface area contributed by atoms with Gasteiger partial charge in [0.1, 0.15) is 11.5 Å². The monoisotopic (exact) mass is 545 g/mol. The molecule has 0 saturated carbocycles. The first-order chi connectivity index (χ1) is 19.5. The van der Waals surface area contributed by atoms with Crippen molar-refractivity contribution in [2.75, 3.05) is 15.5 Å². The van der Waals surface area contributed by atoms with E-state index in [2.05, 4.69) is 10.6 Å². The molecule has 40 heavy (non-hydrogen) atoms. The zero-order valence-corrected chi connectivity index (χ0v) is 22.0. The largest absolute Gasteiger partial charge is 0.350 e. The van der Waals surface area contributed by atoms with Crippen molar-refractivity contribution < 1.29 is 14.4 Å². The third-order valence-corrected chi connectivity index (χ3v) is 8.52. The first-order valence-electron chi connectivity index (χ1n) is 13.1. The average Bonchev–Trinajstić information content (AvgIpc) is 3.46. The smallest absolute Gasteiger partial charge is 0.247 e. The van der Waals surface area contributed by atoms with Gasteiger partial charge in [-0.1, -0.05) is 78.4 Å². The van der Waals surface area contributed by atoms with Crippen LogP contribution in [-0.2, 0) is 15.0 Å². The van der Waals surface area contributed by atoms with Crippen LogP contribution in [0.3, 0.4) is 0 Å². The summed E-state index contributed by atoms with van der Waals surface area (Å²) >= 11 is 6.15. The van der Waals surface area contributed by atoms with Crippen LogP contribution >= 0.6 is 11.6 Å². The summed E-state index contributed by atoms with van der Waals surface area (Å²) in [5, 5.41) is 6.56. The highest BCUT2D eigenvalue weighted by molar-refractivity contribution is 6.30. The number of amides is 2. The highest BCUT2D eigenvalue weighted by Crippen LogP contribution is 2.57. The van der Waals surface area contributed by atoms with Gasteiger partial charge in [-0.05, 0) is 59.7 Å². The van der Waals surface area contributed by atoms with Gasteiger partial charge in [0.15, 0.2) is 5.78 Å². The zero-order chi connectivity index (χ0) is 27.4. The summed E-state index contributed by atoms with van der Waals surface area (Å²) in [4.78, 5) is 45.2. The molecule has 7 rings (SSSR count). The Morgan fingerprint density at radius 2 is 1.55 bits per heavy atom. The molecule has 2 N–H and O–H groups in total. The van der Waals surface area contributed by atoms with Crippen LogP contribution in [0.4, 0.5) is 17.1 Å². The minimum atomic E-state index is -1.35. The molecule has 7 heteroatoms. The maximum atomic E-state index is 14.6. The molecule has 0 radical (unpaired) electrons. The predicted octanol–water partition coefficient (Wildman–Crippen LogP) is 5.95. The molecule has 3 aliphatic rings. The molecule has 0 aromatic heterocycles. The van der Waals surface area contributed by atoms with Gasteiger partial charge >= 0.3 is 0 Å². The molecule has 6 nitrogen and oxygen atoms in total. The number of ketones is 1. The van der Waals surface area contributed by atoms with Gasteiger partial charge in [-0.15, -0.1) is 0 Å². The van der Waals surface area contributed by atoms with Gasteiger partial charge in [-0.3, -0.25) is 14.4 Å². The first kappa shape index (κ1) is 24.4. The third kappa shape index (κ3) is 3.46. The van der Waals surface area contributed by atoms with Gasteiger partial charge in [0.25, 0.3) is 0 Å². The van der Waals surface area contributed by atoms with Gasteiger partial charge in [-0.25, -0.2) is 0 Å². The Labute approximate surface area is 236 Å². The number of hydrogen-bond acceptors (Lipinski definition) is 4. The lowest BCUT2D eigenvalue weighted by atomic mass is 9.64. The molecular weight excluding hydrogens is 522 g/mol. The Hall–Kier alpha value is -4.68. The molecule has 4 atom stereocenters. The molecule has 1 saturated heterocycles. The van der Waals surface area contributed by atoms with E-state index in [0.717, 1.165) is 11.3 Å². The number of fused-ring (bicyclic) bond motifs is 6. The van der Waals surface area contributed by atoms with Crippen LogP contribution in [0.25, 0.3) is 6.08 Å². The topological polar surface area (TPSA) is 78.5 Å².